The van der Waals surface area contributed by atoms with Crippen LogP contribution < -0.4 is 20.5 Å². The molecule has 0 spiro atoms. The molecule has 132 valence electrons. The van der Waals surface area contributed by atoms with Crippen molar-refractivity contribution in [3.8, 4) is 11.5 Å². The lowest BCUT2D eigenvalue weighted by Gasteiger charge is -2.18. The van der Waals surface area contributed by atoms with E-state index >= 15 is 0 Å². The van der Waals surface area contributed by atoms with Crippen LogP contribution in [0, 0.1) is 0 Å². The number of halogens is 1. The first-order valence-corrected chi connectivity index (χ1v) is 7.87. The molecule has 0 fully saturated rings. The first kappa shape index (κ1) is 21.5. The Morgan fingerprint density at radius 2 is 2.00 bits per heavy atom. The van der Waals surface area contributed by atoms with Crippen molar-refractivity contribution in [2.24, 2.45) is 5.73 Å². The van der Waals surface area contributed by atoms with Crippen molar-refractivity contribution in [2.45, 2.75) is 52.2 Å². The molecule has 1 atom stereocenters. The van der Waals surface area contributed by atoms with Crippen molar-refractivity contribution >= 4 is 18.3 Å². The number of ether oxygens (including phenoxy) is 2. The maximum Gasteiger partial charge on any atom is 0.251 e. The fourth-order valence-electron chi connectivity index (χ4n) is 2.13. The smallest absolute Gasteiger partial charge is 0.251 e. The quantitative estimate of drug-likeness (QED) is 0.721. The molecule has 0 saturated heterocycles. The van der Waals surface area contributed by atoms with Crippen molar-refractivity contribution in [3.05, 3.63) is 23.8 Å². The van der Waals surface area contributed by atoms with E-state index in [1.807, 2.05) is 13.8 Å². The molecule has 0 saturated carbocycles. The zero-order chi connectivity index (χ0) is 16.5. The van der Waals surface area contributed by atoms with Crippen LogP contribution in [0.15, 0.2) is 18.2 Å². The van der Waals surface area contributed by atoms with Crippen LogP contribution in [0.2, 0.25) is 0 Å². The first-order chi connectivity index (χ1) is 10.5. The highest BCUT2D eigenvalue weighted by atomic mass is 35.5. The van der Waals surface area contributed by atoms with E-state index in [1.165, 1.54) is 0 Å². The summed E-state index contributed by atoms with van der Waals surface area (Å²) in [6.45, 7) is 6.45. The molecular weight excluding hydrogens is 316 g/mol. The number of unbranched alkanes of at least 4 members (excludes halogenated alkanes) is 1. The standard InChI is InChI=1S/C17H28N2O3.ClH/c1-5-6-7-14(11-18)19-17(20)13-8-9-15(22-12(2)3)16(10-13)21-4;/h8-10,12,14H,5-7,11,18H2,1-4H3,(H,19,20);1H. The van der Waals surface area contributed by atoms with Crippen molar-refractivity contribution in [2.75, 3.05) is 13.7 Å². The van der Waals surface area contributed by atoms with Crippen LogP contribution in [0.5, 0.6) is 11.5 Å². The number of hydrogen-bond donors (Lipinski definition) is 2. The van der Waals surface area contributed by atoms with Crippen LogP contribution in [0.25, 0.3) is 0 Å². The molecule has 3 N–H and O–H groups in total. The van der Waals surface area contributed by atoms with E-state index in [1.54, 1.807) is 25.3 Å². The van der Waals surface area contributed by atoms with Crippen molar-refractivity contribution in [1.82, 2.24) is 5.32 Å². The fourth-order valence-corrected chi connectivity index (χ4v) is 2.13. The predicted molar refractivity (Wildman–Crippen MR) is 95.8 cm³/mol. The van der Waals surface area contributed by atoms with Crippen molar-refractivity contribution in [3.63, 3.8) is 0 Å². The van der Waals surface area contributed by atoms with Crippen LogP contribution in [0.3, 0.4) is 0 Å². The summed E-state index contributed by atoms with van der Waals surface area (Å²) >= 11 is 0. The van der Waals surface area contributed by atoms with E-state index in [9.17, 15) is 4.79 Å². The molecule has 6 heteroatoms. The van der Waals surface area contributed by atoms with Gasteiger partial charge in [-0.2, -0.15) is 0 Å². The molecule has 0 aliphatic heterocycles. The Bertz CT molecular complexity index is 481. The molecule has 0 aliphatic carbocycles. The number of nitrogens with one attached hydrogen (secondary N) is 1. The molecule has 1 aromatic rings. The molecule has 0 radical (unpaired) electrons. The molecular formula is C17H29ClN2O3. The minimum absolute atomic E-state index is 0. The average Bonchev–Trinajstić information content (AvgIpc) is 2.50. The van der Waals surface area contributed by atoms with Gasteiger partial charge in [0.25, 0.3) is 5.91 Å². The largest absolute Gasteiger partial charge is 0.493 e. The SMILES string of the molecule is CCCCC(CN)NC(=O)c1ccc(OC(C)C)c(OC)c1.Cl. The second-order valence-electron chi connectivity index (χ2n) is 5.58. The molecule has 5 nitrogen and oxygen atoms in total. The van der Waals surface area contributed by atoms with Crippen LogP contribution >= 0.6 is 12.4 Å². The van der Waals surface area contributed by atoms with E-state index in [-0.39, 0.29) is 30.5 Å². The highest BCUT2D eigenvalue weighted by Gasteiger charge is 2.15. The second-order valence-corrected chi connectivity index (χ2v) is 5.58. The lowest BCUT2D eigenvalue weighted by Crippen LogP contribution is -2.40. The summed E-state index contributed by atoms with van der Waals surface area (Å²) in [6, 6.07) is 5.20. The van der Waals surface area contributed by atoms with E-state index in [4.69, 9.17) is 15.2 Å². The number of benzene rings is 1. The Balaban J connectivity index is 0.00000484. The maximum absolute atomic E-state index is 12.3. The van der Waals surface area contributed by atoms with E-state index in [0.29, 0.717) is 23.6 Å². The van der Waals surface area contributed by atoms with Crippen LogP contribution in [0.1, 0.15) is 50.4 Å². The van der Waals surface area contributed by atoms with Gasteiger partial charge in [-0.25, -0.2) is 0 Å². The number of carbonyl (C=O) groups is 1. The molecule has 23 heavy (non-hydrogen) atoms. The zero-order valence-electron chi connectivity index (χ0n) is 14.4. The summed E-state index contributed by atoms with van der Waals surface area (Å²) in [6.07, 6.45) is 3.07. The third-order valence-electron chi connectivity index (χ3n) is 3.31. The van der Waals surface area contributed by atoms with Gasteiger partial charge in [-0.15, -0.1) is 12.4 Å². The number of methoxy groups -OCH3 is 1. The molecule has 0 aromatic heterocycles. The Morgan fingerprint density at radius 1 is 1.30 bits per heavy atom. The Hall–Kier alpha value is -1.46. The van der Waals surface area contributed by atoms with E-state index < -0.39 is 0 Å². The van der Waals surface area contributed by atoms with Gasteiger partial charge in [0.1, 0.15) is 0 Å². The molecule has 1 amide bonds. The first-order valence-electron chi connectivity index (χ1n) is 7.87. The predicted octanol–water partition coefficient (Wildman–Crippen LogP) is 3.15. The number of carbonyl (C=O) groups excluding carboxylic acids is 1. The van der Waals surface area contributed by atoms with Gasteiger partial charge in [0.2, 0.25) is 0 Å². The third-order valence-corrected chi connectivity index (χ3v) is 3.31. The zero-order valence-corrected chi connectivity index (χ0v) is 15.2. The number of hydrogen-bond acceptors (Lipinski definition) is 4. The Morgan fingerprint density at radius 3 is 2.52 bits per heavy atom. The minimum atomic E-state index is -0.138. The van der Waals surface area contributed by atoms with E-state index in [0.717, 1.165) is 19.3 Å². The summed E-state index contributed by atoms with van der Waals surface area (Å²) in [4.78, 5) is 12.3. The Kier molecular flexibility index (Phi) is 10.4. The molecule has 1 unspecified atom stereocenters. The van der Waals surface area contributed by atoms with Gasteiger partial charge >= 0.3 is 0 Å². The maximum atomic E-state index is 12.3. The summed E-state index contributed by atoms with van der Waals surface area (Å²) in [5.74, 6) is 1.05. The second kappa shape index (κ2) is 11.1. The van der Waals surface area contributed by atoms with Gasteiger partial charge in [-0.05, 0) is 38.5 Å². The summed E-state index contributed by atoms with van der Waals surface area (Å²) in [7, 11) is 1.56. The topological polar surface area (TPSA) is 73.6 Å². The fraction of sp³-hybridized carbons (Fsp3) is 0.588. The lowest BCUT2D eigenvalue weighted by atomic mass is 10.1. The monoisotopic (exact) mass is 344 g/mol. The summed E-state index contributed by atoms with van der Waals surface area (Å²) in [5.41, 5.74) is 6.26. The normalized spacial score (nSPS) is 11.6. The average molecular weight is 345 g/mol. The van der Waals surface area contributed by atoms with Crippen molar-refractivity contribution < 1.29 is 14.3 Å². The van der Waals surface area contributed by atoms with Gasteiger partial charge in [-0.1, -0.05) is 19.8 Å². The molecule has 1 aromatic carbocycles. The number of nitrogens with two attached hydrogens (primary N) is 1. The van der Waals surface area contributed by atoms with Gasteiger partial charge in [0.05, 0.1) is 13.2 Å². The highest BCUT2D eigenvalue weighted by Crippen LogP contribution is 2.29. The van der Waals surface area contributed by atoms with Gasteiger partial charge in [0.15, 0.2) is 11.5 Å². The molecule has 0 bridgehead atoms. The minimum Gasteiger partial charge on any atom is -0.493 e. The van der Waals surface area contributed by atoms with Gasteiger partial charge in [-0.3, -0.25) is 4.79 Å². The van der Waals surface area contributed by atoms with Crippen LogP contribution in [0.4, 0.5) is 0 Å². The number of rotatable bonds is 9. The molecule has 1 rings (SSSR count). The lowest BCUT2D eigenvalue weighted by molar-refractivity contribution is 0.0935. The van der Waals surface area contributed by atoms with Gasteiger partial charge in [0, 0.05) is 18.2 Å². The third kappa shape index (κ3) is 7.10. The molecule has 0 aliphatic rings. The summed E-state index contributed by atoms with van der Waals surface area (Å²) in [5, 5.41) is 2.97. The van der Waals surface area contributed by atoms with E-state index in [2.05, 4.69) is 12.2 Å². The van der Waals surface area contributed by atoms with Crippen LogP contribution in [-0.2, 0) is 0 Å². The molecule has 0 heterocycles. The Labute approximate surface area is 145 Å². The van der Waals surface area contributed by atoms with Gasteiger partial charge < -0.3 is 20.5 Å². The highest BCUT2D eigenvalue weighted by molar-refractivity contribution is 5.95. The van der Waals surface area contributed by atoms with Crippen LogP contribution in [-0.4, -0.2) is 31.7 Å². The number of amides is 1. The van der Waals surface area contributed by atoms with Crippen molar-refractivity contribution in [1.29, 1.82) is 0 Å². The summed E-state index contributed by atoms with van der Waals surface area (Å²) < 4.78 is 11.0.